The van der Waals surface area contributed by atoms with E-state index >= 15 is 0 Å². The maximum Gasteiger partial charge on any atom is 0.259 e. The van der Waals surface area contributed by atoms with Crippen molar-refractivity contribution in [3.63, 3.8) is 0 Å². The van der Waals surface area contributed by atoms with Gasteiger partial charge in [-0.1, -0.05) is 28.1 Å². The molecule has 0 radical (unpaired) electrons. The molecule has 0 aromatic heterocycles. The lowest BCUT2D eigenvalue weighted by Crippen LogP contribution is -2.15. The highest BCUT2D eigenvalue weighted by molar-refractivity contribution is 9.10. The van der Waals surface area contributed by atoms with Gasteiger partial charge in [0.1, 0.15) is 18.4 Å². The summed E-state index contributed by atoms with van der Waals surface area (Å²) in [5.74, 6) is 0.110. The number of hydrogen-bond donors (Lipinski definition) is 1. The normalized spacial score (nSPS) is 9.96. The van der Waals surface area contributed by atoms with Gasteiger partial charge >= 0.3 is 0 Å². The number of halogens is 1. The second-order valence-electron chi connectivity index (χ2n) is 4.59. The standard InChI is InChI=1S/C17H15BrN2O3/c1-22-8-9-23-16-7-6-13(18)10-14(16)17(21)20-15-5-3-2-4-12(15)11-19/h2-7,10H,8-9H2,1H3,(H,20,21). The molecule has 0 aliphatic heterocycles. The van der Waals surface area contributed by atoms with E-state index in [1.165, 1.54) is 0 Å². The number of carbonyl (C=O) groups is 1. The summed E-state index contributed by atoms with van der Waals surface area (Å²) in [6.07, 6.45) is 0. The third-order valence-electron chi connectivity index (χ3n) is 3.03. The molecule has 0 heterocycles. The quantitative estimate of drug-likeness (QED) is 0.784. The minimum Gasteiger partial charge on any atom is -0.490 e. The smallest absolute Gasteiger partial charge is 0.259 e. The van der Waals surface area contributed by atoms with E-state index in [0.29, 0.717) is 35.8 Å². The number of amides is 1. The Kier molecular flexibility index (Phi) is 6.15. The lowest BCUT2D eigenvalue weighted by Gasteiger charge is -2.12. The molecule has 1 N–H and O–H groups in total. The molecule has 23 heavy (non-hydrogen) atoms. The Balaban J connectivity index is 2.24. The van der Waals surface area contributed by atoms with Crippen molar-refractivity contribution in [2.75, 3.05) is 25.6 Å². The van der Waals surface area contributed by atoms with Crippen molar-refractivity contribution in [2.45, 2.75) is 0 Å². The van der Waals surface area contributed by atoms with Crippen molar-refractivity contribution < 1.29 is 14.3 Å². The zero-order valence-corrected chi connectivity index (χ0v) is 14.1. The van der Waals surface area contributed by atoms with Crippen LogP contribution >= 0.6 is 15.9 Å². The molecule has 2 rings (SSSR count). The van der Waals surface area contributed by atoms with Gasteiger partial charge in [0.15, 0.2) is 0 Å². The van der Waals surface area contributed by atoms with Gasteiger partial charge < -0.3 is 14.8 Å². The van der Waals surface area contributed by atoms with E-state index in [4.69, 9.17) is 14.7 Å². The zero-order valence-electron chi connectivity index (χ0n) is 12.5. The van der Waals surface area contributed by atoms with Crippen molar-refractivity contribution in [2.24, 2.45) is 0 Å². The number of nitrogens with one attached hydrogen (secondary N) is 1. The first-order valence-corrected chi connectivity index (χ1v) is 7.66. The van der Waals surface area contributed by atoms with Crippen molar-refractivity contribution in [1.82, 2.24) is 0 Å². The molecule has 0 aliphatic rings. The average molecular weight is 375 g/mol. The molecule has 5 nitrogen and oxygen atoms in total. The molecular formula is C17H15BrN2O3. The van der Waals surface area contributed by atoms with Crippen molar-refractivity contribution >= 4 is 27.5 Å². The minimum absolute atomic E-state index is 0.340. The number of para-hydroxylation sites is 1. The van der Waals surface area contributed by atoms with E-state index in [1.807, 2.05) is 6.07 Å². The lowest BCUT2D eigenvalue weighted by molar-refractivity contribution is 0.101. The fraction of sp³-hybridized carbons (Fsp3) is 0.176. The number of carbonyl (C=O) groups excluding carboxylic acids is 1. The second-order valence-corrected chi connectivity index (χ2v) is 5.51. The Bertz CT molecular complexity index is 741. The largest absolute Gasteiger partial charge is 0.490 e. The maximum absolute atomic E-state index is 12.5. The van der Waals surface area contributed by atoms with Gasteiger partial charge in [0, 0.05) is 11.6 Å². The summed E-state index contributed by atoms with van der Waals surface area (Å²) in [4.78, 5) is 12.5. The summed E-state index contributed by atoms with van der Waals surface area (Å²) in [5.41, 5.74) is 1.24. The molecule has 118 valence electrons. The Labute approximate surface area is 143 Å². The van der Waals surface area contributed by atoms with Crippen molar-refractivity contribution in [1.29, 1.82) is 5.26 Å². The topological polar surface area (TPSA) is 71.3 Å². The van der Waals surface area contributed by atoms with Crippen LogP contribution in [-0.2, 0) is 4.74 Å². The van der Waals surface area contributed by atoms with Crippen LogP contribution in [0.1, 0.15) is 15.9 Å². The highest BCUT2D eigenvalue weighted by atomic mass is 79.9. The van der Waals surface area contributed by atoms with Gasteiger partial charge in [-0.05, 0) is 30.3 Å². The van der Waals surface area contributed by atoms with Crippen LogP contribution in [0.25, 0.3) is 0 Å². The van der Waals surface area contributed by atoms with Gasteiger partial charge in [0.05, 0.1) is 23.4 Å². The lowest BCUT2D eigenvalue weighted by atomic mass is 10.1. The van der Waals surface area contributed by atoms with Crippen LogP contribution in [0.2, 0.25) is 0 Å². The number of rotatable bonds is 6. The van der Waals surface area contributed by atoms with E-state index in [2.05, 4.69) is 21.2 Å². The van der Waals surface area contributed by atoms with Gasteiger partial charge in [0.2, 0.25) is 0 Å². The SMILES string of the molecule is COCCOc1ccc(Br)cc1C(=O)Nc1ccccc1C#N. The molecule has 6 heteroatoms. The number of methoxy groups -OCH3 is 1. The molecule has 0 unspecified atom stereocenters. The molecular weight excluding hydrogens is 360 g/mol. The molecule has 0 saturated heterocycles. The van der Waals surface area contributed by atoms with E-state index in [9.17, 15) is 4.79 Å². The fourth-order valence-corrected chi connectivity index (χ4v) is 2.28. The predicted molar refractivity (Wildman–Crippen MR) is 90.6 cm³/mol. The van der Waals surface area contributed by atoms with Crippen LogP contribution < -0.4 is 10.1 Å². The van der Waals surface area contributed by atoms with Crippen molar-refractivity contribution in [3.05, 3.63) is 58.1 Å². The predicted octanol–water partition coefficient (Wildman–Crippen LogP) is 3.60. The molecule has 0 bridgehead atoms. The number of anilines is 1. The summed E-state index contributed by atoms with van der Waals surface area (Å²) in [6, 6.07) is 14.1. The monoisotopic (exact) mass is 374 g/mol. The Morgan fingerprint density at radius 3 is 2.78 bits per heavy atom. The molecule has 0 aliphatic carbocycles. The highest BCUT2D eigenvalue weighted by Gasteiger charge is 2.15. The van der Waals surface area contributed by atoms with Gasteiger partial charge in [-0.25, -0.2) is 0 Å². The summed E-state index contributed by atoms with van der Waals surface area (Å²) in [6.45, 7) is 0.765. The zero-order chi connectivity index (χ0) is 16.7. The number of benzene rings is 2. The van der Waals surface area contributed by atoms with Crippen LogP contribution in [0, 0.1) is 11.3 Å². The molecule has 0 saturated carbocycles. The summed E-state index contributed by atoms with van der Waals surface area (Å²) in [7, 11) is 1.58. The first-order chi connectivity index (χ1) is 11.2. The maximum atomic E-state index is 12.5. The number of nitrogens with zero attached hydrogens (tertiary/aromatic N) is 1. The van der Waals surface area contributed by atoms with Crippen LogP contribution in [0.3, 0.4) is 0 Å². The Morgan fingerprint density at radius 1 is 1.26 bits per heavy atom. The second kappa shape index (κ2) is 8.32. The first kappa shape index (κ1) is 17.0. The van der Waals surface area contributed by atoms with E-state index in [1.54, 1.807) is 49.6 Å². The van der Waals surface area contributed by atoms with Gasteiger partial charge in [-0.15, -0.1) is 0 Å². The molecule has 2 aromatic rings. The Hall–Kier alpha value is -2.36. The van der Waals surface area contributed by atoms with Crippen LogP contribution in [-0.4, -0.2) is 26.2 Å². The average Bonchev–Trinajstić information content (AvgIpc) is 2.56. The first-order valence-electron chi connectivity index (χ1n) is 6.87. The summed E-state index contributed by atoms with van der Waals surface area (Å²) < 4.78 is 11.3. The highest BCUT2D eigenvalue weighted by Crippen LogP contribution is 2.25. The molecule has 0 fully saturated rings. The van der Waals surface area contributed by atoms with E-state index in [0.717, 1.165) is 4.47 Å². The van der Waals surface area contributed by atoms with Gasteiger partial charge in [-0.3, -0.25) is 4.79 Å². The van der Waals surface area contributed by atoms with Crippen LogP contribution in [0.5, 0.6) is 5.75 Å². The fourth-order valence-electron chi connectivity index (χ4n) is 1.92. The summed E-state index contributed by atoms with van der Waals surface area (Å²) >= 11 is 3.35. The molecule has 0 spiro atoms. The van der Waals surface area contributed by atoms with E-state index < -0.39 is 0 Å². The number of nitriles is 1. The van der Waals surface area contributed by atoms with Crippen LogP contribution in [0.4, 0.5) is 5.69 Å². The molecule has 1 amide bonds. The molecule has 2 aromatic carbocycles. The molecule has 0 atom stereocenters. The Morgan fingerprint density at radius 2 is 2.04 bits per heavy atom. The van der Waals surface area contributed by atoms with Crippen molar-refractivity contribution in [3.8, 4) is 11.8 Å². The van der Waals surface area contributed by atoms with Gasteiger partial charge in [-0.2, -0.15) is 5.26 Å². The van der Waals surface area contributed by atoms with Crippen LogP contribution in [0.15, 0.2) is 46.9 Å². The number of hydrogen-bond acceptors (Lipinski definition) is 4. The summed E-state index contributed by atoms with van der Waals surface area (Å²) in [5, 5.41) is 11.8. The van der Waals surface area contributed by atoms with E-state index in [-0.39, 0.29) is 5.91 Å². The minimum atomic E-state index is -0.346. The van der Waals surface area contributed by atoms with Gasteiger partial charge in [0.25, 0.3) is 5.91 Å². The third-order valence-corrected chi connectivity index (χ3v) is 3.52. The third kappa shape index (κ3) is 4.55. The number of ether oxygens (including phenoxy) is 2.